The lowest BCUT2D eigenvalue weighted by atomic mass is 9.94. The SMILES string of the molecule is O=C(NC(c1ccccc1)c1ccccc1)C1CCN(S(=O)(=O)c2cccnc2Cl)CC1. The van der Waals surface area contributed by atoms with Crippen LogP contribution in [0.3, 0.4) is 0 Å². The van der Waals surface area contributed by atoms with Crippen molar-refractivity contribution in [3.8, 4) is 0 Å². The molecule has 4 rings (SSSR count). The first kappa shape index (κ1) is 22.5. The molecule has 0 aliphatic carbocycles. The number of aromatic nitrogens is 1. The molecule has 0 spiro atoms. The van der Waals surface area contributed by atoms with Crippen LogP contribution in [0.2, 0.25) is 5.15 Å². The van der Waals surface area contributed by atoms with Crippen LogP contribution in [0.25, 0.3) is 0 Å². The van der Waals surface area contributed by atoms with E-state index >= 15 is 0 Å². The molecule has 8 heteroatoms. The molecule has 1 saturated heterocycles. The first-order chi connectivity index (χ1) is 15.5. The summed E-state index contributed by atoms with van der Waals surface area (Å²) in [6, 6.07) is 22.4. The fourth-order valence-corrected chi connectivity index (χ4v) is 5.87. The molecule has 0 atom stereocenters. The van der Waals surface area contributed by atoms with Crippen molar-refractivity contribution >= 4 is 27.5 Å². The molecule has 0 radical (unpaired) electrons. The third-order valence-corrected chi connectivity index (χ3v) is 8.06. The highest BCUT2D eigenvalue weighted by Crippen LogP contribution is 2.28. The average Bonchev–Trinajstić information content (AvgIpc) is 2.84. The van der Waals surface area contributed by atoms with Gasteiger partial charge in [0, 0.05) is 25.2 Å². The number of hydrogen-bond donors (Lipinski definition) is 1. The maximum atomic E-state index is 13.1. The number of carbonyl (C=O) groups is 1. The van der Waals surface area contributed by atoms with E-state index in [0.717, 1.165) is 11.1 Å². The molecule has 6 nitrogen and oxygen atoms in total. The Balaban J connectivity index is 1.45. The summed E-state index contributed by atoms with van der Waals surface area (Å²) >= 11 is 6.00. The normalized spacial score (nSPS) is 15.6. The number of benzene rings is 2. The zero-order chi connectivity index (χ0) is 22.6. The Bertz CT molecular complexity index is 1130. The Morgan fingerprint density at radius 1 is 0.938 bits per heavy atom. The molecule has 1 amide bonds. The Morgan fingerprint density at radius 2 is 1.50 bits per heavy atom. The molecule has 1 aromatic heterocycles. The van der Waals surface area contributed by atoms with E-state index in [1.54, 1.807) is 6.07 Å². The number of hydrogen-bond acceptors (Lipinski definition) is 4. The van der Waals surface area contributed by atoms with Gasteiger partial charge < -0.3 is 5.32 Å². The minimum Gasteiger partial charge on any atom is -0.345 e. The van der Waals surface area contributed by atoms with Crippen LogP contribution in [0.15, 0.2) is 83.9 Å². The van der Waals surface area contributed by atoms with Gasteiger partial charge in [0.15, 0.2) is 0 Å². The lowest BCUT2D eigenvalue weighted by Gasteiger charge is -2.31. The molecule has 0 unspecified atom stereocenters. The molecule has 1 fully saturated rings. The second-order valence-corrected chi connectivity index (χ2v) is 10.00. The van der Waals surface area contributed by atoms with Crippen molar-refractivity contribution in [2.24, 2.45) is 5.92 Å². The molecule has 1 aliphatic heterocycles. The predicted molar refractivity (Wildman–Crippen MR) is 124 cm³/mol. The van der Waals surface area contributed by atoms with E-state index in [2.05, 4.69) is 10.3 Å². The van der Waals surface area contributed by atoms with E-state index in [0.29, 0.717) is 12.8 Å². The summed E-state index contributed by atoms with van der Waals surface area (Å²) in [6.45, 7) is 0.514. The quantitative estimate of drug-likeness (QED) is 0.552. The van der Waals surface area contributed by atoms with Gasteiger partial charge in [0.05, 0.1) is 6.04 Å². The first-order valence-electron chi connectivity index (χ1n) is 10.5. The second-order valence-electron chi connectivity index (χ2n) is 7.73. The number of halogens is 1. The Morgan fingerprint density at radius 3 is 2.03 bits per heavy atom. The lowest BCUT2D eigenvalue weighted by molar-refractivity contribution is -0.126. The Hall–Kier alpha value is -2.74. The maximum absolute atomic E-state index is 13.1. The molecule has 0 saturated carbocycles. The number of sulfonamides is 1. The van der Waals surface area contributed by atoms with Crippen molar-refractivity contribution in [1.82, 2.24) is 14.6 Å². The van der Waals surface area contributed by atoms with Crippen molar-refractivity contribution in [2.75, 3.05) is 13.1 Å². The molecular formula is C24H24ClN3O3S. The van der Waals surface area contributed by atoms with Crippen molar-refractivity contribution in [1.29, 1.82) is 0 Å². The summed E-state index contributed by atoms with van der Waals surface area (Å²) < 4.78 is 27.2. The number of nitrogens with one attached hydrogen (secondary N) is 1. The standard InChI is InChI=1S/C24H24ClN3O3S/c25-23-21(12-7-15-26-23)32(30,31)28-16-13-20(14-17-28)24(29)27-22(18-8-3-1-4-9-18)19-10-5-2-6-11-19/h1-12,15,20,22H,13-14,16-17H2,(H,27,29). The summed E-state index contributed by atoms with van der Waals surface area (Å²) in [5.74, 6) is -0.333. The number of pyridine rings is 1. The van der Waals surface area contributed by atoms with Gasteiger partial charge in [-0.2, -0.15) is 4.31 Å². The largest absolute Gasteiger partial charge is 0.345 e. The molecule has 0 bridgehead atoms. The molecule has 2 heterocycles. The smallest absolute Gasteiger partial charge is 0.246 e. The molecule has 166 valence electrons. The maximum Gasteiger partial charge on any atom is 0.246 e. The number of amides is 1. The fraction of sp³-hybridized carbons (Fsp3) is 0.250. The molecule has 2 aromatic carbocycles. The van der Waals surface area contributed by atoms with Crippen LogP contribution >= 0.6 is 11.6 Å². The molecule has 32 heavy (non-hydrogen) atoms. The summed E-state index contributed by atoms with van der Waals surface area (Å²) in [4.78, 5) is 17.0. The highest BCUT2D eigenvalue weighted by atomic mass is 35.5. The van der Waals surface area contributed by atoms with Gasteiger partial charge in [-0.1, -0.05) is 72.3 Å². The van der Waals surface area contributed by atoms with Crippen LogP contribution in [-0.2, 0) is 14.8 Å². The van der Waals surface area contributed by atoms with Crippen LogP contribution < -0.4 is 5.32 Å². The van der Waals surface area contributed by atoms with Crippen molar-refractivity contribution < 1.29 is 13.2 Å². The number of carbonyl (C=O) groups excluding carboxylic acids is 1. The molecule has 1 aliphatic rings. The highest BCUT2D eigenvalue weighted by Gasteiger charge is 2.34. The van der Waals surface area contributed by atoms with Gasteiger partial charge >= 0.3 is 0 Å². The van der Waals surface area contributed by atoms with Crippen molar-refractivity contribution in [2.45, 2.75) is 23.8 Å². The monoisotopic (exact) mass is 469 g/mol. The van der Waals surface area contributed by atoms with E-state index in [4.69, 9.17) is 11.6 Å². The van der Waals surface area contributed by atoms with Crippen LogP contribution in [0.5, 0.6) is 0 Å². The van der Waals surface area contributed by atoms with Crippen LogP contribution in [-0.4, -0.2) is 36.7 Å². The molecule has 3 aromatic rings. The minimum absolute atomic E-state index is 0.00205. The Labute approximate surface area is 193 Å². The number of rotatable bonds is 6. The van der Waals surface area contributed by atoms with Crippen molar-refractivity contribution in [3.63, 3.8) is 0 Å². The van der Waals surface area contributed by atoms with Crippen molar-refractivity contribution in [3.05, 3.63) is 95.3 Å². The molecule has 1 N–H and O–H groups in total. The first-order valence-corrected chi connectivity index (χ1v) is 12.3. The summed E-state index contributed by atoms with van der Waals surface area (Å²) in [7, 11) is -3.74. The highest BCUT2D eigenvalue weighted by molar-refractivity contribution is 7.89. The van der Waals surface area contributed by atoms with Gasteiger partial charge in [0.2, 0.25) is 15.9 Å². The van der Waals surface area contributed by atoms with Gasteiger partial charge in [0.1, 0.15) is 10.0 Å². The lowest BCUT2D eigenvalue weighted by Crippen LogP contribution is -2.43. The number of piperidine rings is 1. The van der Waals surface area contributed by atoms with Crippen LogP contribution in [0, 0.1) is 5.92 Å². The van der Waals surface area contributed by atoms with Crippen LogP contribution in [0.4, 0.5) is 0 Å². The summed E-state index contributed by atoms with van der Waals surface area (Å²) in [5, 5.41) is 3.13. The third-order valence-electron chi connectivity index (χ3n) is 5.72. The second kappa shape index (κ2) is 9.81. The zero-order valence-electron chi connectivity index (χ0n) is 17.4. The fourth-order valence-electron chi connectivity index (χ4n) is 3.97. The molecular weight excluding hydrogens is 446 g/mol. The van der Waals surface area contributed by atoms with E-state index in [1.807, 2.05) is 60.7 Å². The Kier molecular flexibility index (Phi) is 6.89. The average molecular weight is 470 g/mol. The van der Waals surface area contributed by atoms with E-state index in [9.17, 15) is 13.2 Å². The minimum atomic E-state index is -3.74. The van der Waals surface area contributed by atoms with Gasteiger partial charge in [-0.05, 0) is 36.1 Å². The number of nitrogens with zero attached hydrogens (tertiary/aromatic N) is 2. The van der Waals surface area contributed by atoms with Gasteiger partial charge in [-0.15, -0.1) is 0 Å². The van der Waals surface area contributed by atoms with E-state index < -0.39 is 10.0 Å². The van der Waals surface area contributed by atoms with Gasteiger partial charge in [-0.25, -0.2) is 13.4 Å². The van der Waals surface area contributed by atoms with E-state index in [-0.39, 0.29) is 41.0 Å². The zero-order valence-corrected chi connectivity index (χ0v) is 19.0. The van der Waals surface area contributed by atoms with Gasteiger partial charge in [-0.3, -0.25) is 4.79 Å². The third kappa shape index (κ3) is 4.85. The predicted octanol–water partition coefficient (Wildman–Crippen LogP) is 4.04. The van der Waals surface area contributed by atoms with E-state index in [1.165, 1.54) is 16.6 Å². The van der Waals surface area contributed by atoms with Crippen LogP contribution in [0.1, 0.15) is 30.0 Å². The summed E-state index contributed by atoms with van der Waals surface area (Å²) in [5.41, 5.74) is 2.00. The summed E-state index contributed by atoms with van der Waals surface area (Å²) in [6.07, 6.45) is 2.34. The topological polar surface area (TPSA) is 79.4 Å². The van der Waals surface area contributed by atoms with Gasteiger partial charge in [0.25, 0.3) is 0 Å².